The predicted octanol–water partition coefficient (Wildman–Crippen LogP) is 4.41. The molecule has 0 aromatic carbocycles. The molecule has 0 aliphatic carbocycles. The summed E-state index contributed by atoms with van der Waals surface area (Å²) in [5.74, 6) is -0.0109. The molecule has 2 nitrogen and oxygen atoms in total. The van der Waals surface area contributed by atoms with Crippen molar-refractivity contribution in [1.82, 2.24) is 0 Å². The van der Waals surface area contributed by atoms with Crippen molar-refractivity contribution in [2.75, 3.05) is 0 Å². The van der Waals surface area contributed by atoms with Gasteiger partial charge in [0.2, 0.25) is 5.78 Å². The molecule has 0 amide bonds. The number of hydrogen-bond acceptors (Lipinski definition) is 3. The van der Waals surface area contributed by atoms with Crippen molar-refractivity contribution < 1.29 is 9.21 Å². The van der Waals surface area contributed by atoms with Crippen molar-refractivity contribution >= 4 is 49.0 Å². The van der Waals surface area contributed by atoms with Gasteiger partial charge >= 0.3 is 0 Å². The van der Waals surface area contributed by atoms with Crippen LogP contribution < -0.4 is 0 Å². The van der Waals surface area contributed by atoms with Gasteiger partial charge in [0.05, 0.1) is 14.2 Å². The minimum atomic E-state index is -0.0109. The molecule has 5 heteroatoms. The highest BCUT2D eigenvalue weighted by molar-refractivity contribution is 9.11. The quantitative estimate of drug-likeness (QED) is 0.752. The molecule has 2 rings (SSSR count). The van der Waals surface area contributed by atoms with Crippen LogP contribution >= 0.6 is 43.2 Å². The predicted molar refractivity (Wildman–Crippen MR) is 66.6 cm³/mol. The molecule has 0 aliphatic heterocycles. The molecule has 0 N–H and O–H groups in total. The molecule has 2 aromatic rings. The number of carbonyl (C=O) groups excluding carboxylic acids is 1. The van der Waals surface area contributed by atoms with Crippen LogP contribution in [0.15, 0.2) is 31.3 Å². The highest BCUT2D eigenvalue weighted by Crippen LogP contribution is 2.29. The van der Waals surface area contributed by atoms with E-state index in [1.54, 1.807) is 6.07 Å². The van der Waals surface area contributed by atoms with Gasteiger partial charge in [-0.15, -0.1) is 11.3 Å². The normalized spacial score (nSPS) is 10.6. The first-order valence-corrected chi connectivity index (χ1v) is 6.53. The monoisotopic (exact) mass is 348 g/mol. The topological polar surface area (TPSA) is 30.2 Å². The van der Waals surface area contributed by atoms with Crippen LogP contribution in [0.1, 0.15) is 20.8 Å². The van der Waals surface area contributed by atoms with Crippen molar-refractivity contribution in [3.63, 3.8) is 0 Å². The maximum absolute atomic E-state index is 11.9. The molecule has 0 unspecified atom stereocenters. The summed E-state index contributed by atoms with van der Waals surface area (Å²) in [5.41, 5.74) is 1.64. The van der Waals surface area contributed by atoms with Gasteiger partial charge in [-0.25, -0.2) is 0 Å². The number of furan rings is 1. The molecule has 2 aromatic heterocycles. The van der Waals surface area contributed by atoms with E-state index >= 15 is 0 Å². The van der Waals surface area contributed by atoms with E-state index in [1.165, 1.54) is 17.6 Å². The molecule has 0 spiro atoms. The zero-order valence-electron chi connectivity index (χ0n) is 7.71. The summed E-state index contributed by atoms with van der Waals surface area (Å²) in [4.78, 5) is 12.6. The SMILES string of the molecule is Cc1cc(C(=O)c2coc(Br)c2)sc1Br. The summed E-state index contributed by atoms with van der Waals surface area (Å²) in [6.45, 7) is 1.96. The van der Waals surface area contributed by atoms with Crippen LogP contribution in [0.25, 0.3) is 0 Å². The standard InChI is InChI=1S/C10H6Br2O2S/c1-5-2-7(15-10(5)12)9(13)6-3-8(11)14-4-6/h2-4H,1H3. The minimum Gasteiger partial charge on any atom is -0.457 e. The smallest absolute Gasteiger partial charge is 0.206 e. The van der Waals surface area contributed by atoms with Gasteiger partial charge in [0.1, 0.15) is 6.26 Å². The first-order valence-electron chi connectivity index (χ1n) is 4.12. The lowest BCUT2D eigenvalue weighted by Gasteiger charge is -1.89. The minimum absolute atomic E-state index is 0.0109. The summed E-state index contributed by atoms with van der Waals surface area (Å²) in [6.07, 6.45) is 1.45. The van der Waals surface area contributed by atoms with Crippen LogP contribution in [0, 0.1) is 6.92 Å². The van der Waals surface area contributed by atoms with Gasteiger partial charge in [0.15, 0.2) is 4.67 Å². The van der Waals surface area contributed by atoms with Gasteiger partial charge in [0.25, 0.3) is 0 Å². The molecule has 15 heavy (non-hydrogen) atoms. The molecule has 0 radical (unpaired) electrons. The number of halogens is 2. The second kappa shape index (κ2) is 4.23. The zero-order valence-corrected chi connectivity index (χ0v) is 11.7. The Morgan fingerprint density at radius 3 is 2.60 bits per heavy atom. The fourth-order valence-corrected chi connectivity index (χ4v) is 2.98. The summed E-state index contributed by atoms with van der Waals surface area (Å²) >= 11 is 8.00. The average molecular weight is 350 g/mol. The van der Waals surface area contributed by atoms with Gasteiger partial charge < -0.3 is 4.42 Å². The van der Waals surface area contributed by atoms with Gasteiger partial charge in [-0.3, -0.25) is 4.79 Å². The van der Waals surface area contributed by atoms with Crippen molar-refractivity contribution in [3.8, 4) is 0 Å². The fraction of sp³-hybridized carbons (Fsp3) is 0.100. The number of aryl methyl sites for hydroxylation is 1. The van der Waals surface area contributed by atoms with Crippen LogP contribution in [0.5, 0.6) is 0 Å². The summed E-state index contributed by atoms with van der Waals surface area (Å²) in [6, 6.07) is 3.54. The van der Waals surface area contributed by atoms with Crippen LogP contribution in [-0.4, -0.2) is 5.78 Å². The molecule has 0 fully saturated rings. The number of ketones is 1. The van der Waals surface area contributed by atoms with Crippen molar-refractivity contribution in [3.05, 3.63) is 42.9 Å². The molecule has 2 heterocycles. The van der Waals surface area contributed by atoms with Crippen LogP contribution in [0.2, 0.25) is 0 Å². The summed E-state index contributed by atoms with van der Waals surface area (Å²) < 4.78 is 6.59. The van der Waals surface area contributed by atoms with Crippen LogP contribution in [-0.2, 0) is 0 Å². The van der Waals surface area contributed by atoms with E-state index in [0.717, 1.165) is 9.35 Å². The van der Waals surface area contributed by atoms with E-state index in [-0.39, 0.29) is 5.78 Å². The van der Waals surface area contributed by atoms with Crippen molar-refractivity contribution in [1.29, 1.82) is 0 Å². The third kappa shape index (κ3) is 2.24. The Morgan fingerprint density at radius 1 is 1.40 bits per heavy atom. The second-order valence-electron chi connectivity index (χ2n) is 3.04. The van der Waals surface area contributed by atoms with Crippen molar-refractivity contribution in [2.45, 2.75) is 6.92 Å². The summed E-state index contributed by atoms with van der Waals surface area (Å²) in [5, 5.41) is 0. The fourth-order valence-electron chi connectivity index (χ4n) is 1.14. The molecule has 0 aliphatic rings. The Hall–Kier alpha value is -0.390. The van der Waals surface area contributed by atoms with Gasteiger partial charge in [-0.05, 0) is 50.4 Å². The number of rotatable bonds is 2. The first-order chi connectivity index (χ1) is 7.08. The highest BCUT2D eigenvalue weighted by Gasteiger charge is 2.15. The lowest BCUT2D eigenvalue weighted by Crippen LogP contribution is -1.95. The lowest BCUT2D eigenvalue weighted by molar-refractivity contribution is 0.104. The number of carbonyl (C=O) groups is 1. The van der Waals surface area contributed by atoms with Crippen LogP contribution in [0.4, 0.5) is 0 Å². The number of hydrogen-bond donors (Lipinski definition) is 0. The average Bonchev–Trinajstić information content (AvgIpc) is 2.74. The molecular weight excluding hydrogens is 344 g/mol. The zero-order chi connectivity index (χ0) is 11.0. The summed E-state index contributed by atoms with van der Waals surface area (Å²) in [7, 11) is 0. The van der Waals surface area contributed by atoms with Gasteiger partial charge in [0, 0.05) is 6.07 Å². The van der Waals surface area contributed by atoms with Gasteiger partial charge in [-0.2, -0.15) is 0 Å². The van der Waals surface area contributed by atoms with E-state index in [4.69, 9.17) is 4.42 Å². The molecule has 0 saturated heterocycles. The number of thiophene rings is 1. The third-order valence-electron chi connectivity index (χ3n) is 1.91. The molecular formula is C10H6Br2O2S. The van der Waals surface area contributed by atoms with E-state index in [9.17, 15) is 4.79 Å². The van der Waals surface area contributed by atoms with E-state index in [2.05, 4.69) is 31.9 Å². The van der Waals surface area contributed by atoms with Gasteiger partial charge in [-0.1, -0.05) is 0 Å². The molecule has 78 valence electrons. The van der Waals surface area contributed by atoms with E-state index in [1.807, 2.05) is 13.0 Å². The maximum atomic E-state index is 11.9. The largest absolute Gasteiger partial charge is 0.457 e. The Bertz CT molecular complexity index is 494. The Morgan fingerprint density at radius 2 is 2.13 bits per heavy atom. The van der Waals surface area contributed by atoms with E-state index < -0.39 is 0 Å². The maximum Gasteiger partial charge on any atom is 0.206 e. The molecule has 0 saturated carbocycles. The van der Waals surface area contributed by atoms with Crippen molar-refractivity contribution in [2.24, 2.45) is 0 Å². The Balaban J connectivity index is 2.36. The van der Waals surface area contributed by atoms with Crippen LogP contribution in [0.3, 0.4) is 0 Å². The Labute approximate surface area is 108 Å². The Kier molecular flexibility index (Phi) is 3.13. The van der Waals surface area contributed by atoms with E-state index in [0.29, 0.717) is 15.1 Å². The molecule has 0 atom stereocenters. The molecule has 0 bridgehead atoms. The lowest BCUT2D eigenvalue weighted by atomic mass is 10.2. The first kappa shape index (κ1) is 11.1. The second-order valence-corrected chi connectivity index (χ2v) is 6.19. The third-order valence-corrected chi connectivity index (χ3v) is 4.46. The highest BCUT2D eigenvalue weighted by atomic mass is 79.9.